The van der Waals surface area contributed by atoms with E-state index in [1.807, 2.05) is 24.3 Å². The minimum Gasteiger partial charge on any atom is -0.341 e. The number of carbonyl (C=O) groups excluding carboxylic acids is 1. The van der Waals surface area contributed by atoms with Crippen LogP contribution in [0.5, 0.6) is 0 Å². The Balaban J connectivity index is 2.89. The third-order valence-corrected chi connectivity index (χ3v) is 2.05. The number of benzene rings is 1. The SMILES string of the molecule is CNC(=O)N(C)c1cccc(CN)c1. The number of carbonyl (C=O) groups is 1. The van der Waals surface area contributed by atoms with Crippen LogP contribution in [-0.4, -0.2) is 20.1 Å². The molecule has 3 N–H and O–H groups in total. The molecule has 1 aromatic carbocycles. The predicted octanol–water partition coefficient (Wildman–Crippen LogP) is 0.921. The largest absolute Gasteiger partial charge is 0.341 e. The molecule has 1 aromatic rings. The molecule has 0 fully saturated rings. The van der Waals surface area contributed by atoms with Crippen LogP contribution in [0.2, 0.25) is 0 Å². The Hall–Kier alpha value is -1.55. The Bertz CT molecular complexity index is 325. The first-order valence-corrected chi connectivity index (χ1v) is 4.43. The summed E-state index contributed by atoms with van der Waals surface area (Å²) in [5.74, 6) is 0. The summed E-state index contributed by atoms with van der Waals surface area (Å²) < 4.78 is 0. The van der Waals surface area contributed by atoms with Gasteiger partial charge in [0.15, 0.2) is 0 Å². The van der Waals surface area contributed by atoms with Crippen LogP contribution in [0, 0.1) is 0 Å². The summed E-state index contributed by atoms with van der Waals surface area (Å²) in [6, 6.07) is 7.45. The number of nitrogens with one attached hydrogen (secondary N) is 1. The molecule has 0 aliphatic heterocycles. The quantitative estimate of drug-likeness (QED) is 0.733. The van der Waals surface area contributed by atoms with Gasteiger partial charge < -0.3 is 11.1 Å². The number of rotatable bonds is 2. The van der Waals surface area contributed by atoms with E-state index in [0.29, 0.717) is 6.54 Å². The molecule has 4 heteroatoms. The molecule has 0 unspecified atom stereocenters. The molecule has 0 spiro atoms. The van der Waals surface area contributed by atoms with E-state index < -0.39 is 0 Å². The van der Waals surface area contributed by atoms with E-state index in [2.05, 4.69) is 5.32 Å². The van der Waals surface area contributed by atoms with Crippen molar-refractivity contribution in [3.8, 4) is 0 Å². The molecule has 1 rings (SSSR count). The maximum absolute atomic E-state index is 11.3. The van der Waals surface area contributed by atoms with E-state index in [1.165, 1.54) is 0 Å². The van der Waals surface area contributed by atoms with Crippen molar-refractivity contribution in [2.24, 2.45) is 5.73 Å². The number of nitrogens with zero attached hydrogens (tertiary/aromatic N) is 1. The predicted molar refractivity (Wildman–Crippen MR) is 57.2 cm³/mol. The molecule has 0 saturated carbocycles. The summed E-state index contributed by atoms with van der Waals surface area (Å²) in [7, 11) is 3.32. The Kier molecular flexibility index (Phi) is 3.48. The van der Waals surface area contributed by atoms with E-state index in [1.54, 1.807) is 19.0 Å². The lowest BCUT2D eigenvalue weighted by molar-refractivity contribution is 0.249. The number of anilines is 1. The van der Waals surface area contributed by atoms with Gasteiger partial charge in [-0.3, -0.25) is 4.90 Å². The van der Waals surface area contributed by atoms with Gasteiger partial charge in [-0.05, 0) is 17.7 Å². The van der Waals surface area contributed by atoms with Gasteiger partial charge in [-0.15, -0.1) is 0 Å². The molecular weight excluding hydrogens is 178 g/mol. The second-order valence-corrected chi connectivity index (χ2v) is 2.99. The smallest absolute Gasteiger partial charge is 0.321 e. The van der Waals surface area contributed by atoms with Gasteiger partial charge in [0.2, 0.25) is 0 Å². The van der Waals surface area contributed by atoms with Gasteiger partial charge in [0.05, 0.1) is 0 Å². The maximum atomic E-state index is 11.3. The van der Waals surface area contributed by atoms with E-state index in [4.69, 9.17) is 5.73 Å². The van der Waals surface area contributed by atoms with E-state index in [0.717, 1.165) is 11.3 Å². The van der Waals surface area contributed by atoms with Crippen molar-refractivity contribution in [1.82, 2.24) is 5.32 Å². The standard InChI is InChI=1S/C10H15N3O/c1-12-10(14)13(2)9-5-3-4-8(6-9)7-11/h3-6H,7,11H2,1-2H3,(H,12,14). The van der Waals surface area contributed by atoms with Crippen molar-refractivity contribution in [3.63, 3.8) is 0 Å². The second kappa shape index (κ2) is 4.62. The van der Waals surface area contributed by atoms with Gasteiger partial charge in [-0.1, -0.05) is 12.1 Å². The molecule has 0 heterocycles. The van der Waals surface area contributed by atoms with Crippen LogP contribution in [-0.2, 0) is 6.54 Å². The molecular formula is C10H15N3O. The van der Waals surface area contributed by atoms with Gasteiger partial charge in [0.1, 0.15) is 0 Å². The minimum absolute atomic E-state index is 0.140. The van der Waals surface area contributed by atoms with Gasteiger partial charge in [-0.2, -0.15) is 0 Å². The molecule has 76 valence electrons. The molecule has 0 aromatic heterocycles. The lowest BCUT2D eigenvalue weighted by Gasteiger charge is -2.17. The van der Waals surface area contributed by atoms with Crippen molar-refractivity contribution >= 4 is 11.7 Å². The van der Waals surface area contributed by atoms with Crippen molar-refractivity contribution in [1.29, 1.82) is 0 Å². The van der Waals surface area contributed by atoms with Gasteiger partial charge >= 0.3 is 6.03 Å². The molecule has 14 heavy (non-hydrogen) atoms. The van der Waals surface area contributed by atoms with Crippen LogP contribution >= 0.6 is 0 Å². The van der Waals surface area contributed by atoms with Crippen LogP contribution in [0.25, 0.3) is 0 Å². The summed E-state index contributed by atoms with van der Waals surface area (Å²) in [4.78, 5) is 12.8. The highest BCUT2D eigenvalue weighted by atomic mass is 16.2. The zero-order valence-corrected chi connectivity index (χ0v) is 8.45. The molecule has 0 bridgehead atoms. The fraction of sp³-hybridized carbons (Fsp3) is 0.300. The Morgan fingerprint density at radius 3 is 2.86 bits per heavy atom. The summed E-state index contributed by atoms with van der Waals surface area (Å²) in [6.45, 7) is 0.482. The second-order valence-electron chi connectivity index (χ2n) is 2.99. The van der Waals surface area contributed by atoms with Crippen LogP contribution in [0.3, 0.4) is 0 Å². The third-order valence-electron chi connectivity index (χ3n) is 2.05. The lowest BCUT2D eigenvalue weighted by atomic mass is 10.2. The fourth-order valence-electron chi connectivity index (χ4n) is 1.18. The highest BCUT2D eigenvalue weighted by Crippen LogP contribution is 2.14. The first-order chi connectivity index (χ1) is 6.69. The maximum Gasteiger partial charge on any atom is 0.321 e. The van der Waals surface area contributed by atoms with E-state index in [-0.39, 0.29) is 6.03 Å². The number of hydrogen-bond donors (Lipinski definition) is 2. The Morgan fingerprint density at radius 1 is 1.57 bits per heavy atom. The number of amides is 2. The average molecular weight is 193 g/mol. The fourth-order valence-corrected chi connectivity index (χ4v) is 1.18. The monoisotopic (exact) mass is 193 g/mol. The van der Waals surface area contributed by atoms with E-state index >= 15 is 0 Å². The van der Waals surface area contributed by atoms with Crippen molar-refractivity contribution in [2.75, 3.05) is 19.0 Å². The first kappa shape index (κ1) is 10.5. The van der Waals surface area contributed by atoms with Crippen LogP contribution < -0.4 is 16.0 Å². The highest BCUT2D eigenvalue weighted by Gasteiger charge is 2.07. The van der Waals surface area contributed by atoms with Crippen LogP contribution in [0.4, 0.5) is 10.5 Å². The summed E-state index contributed by atoms with van der Waals surface area (Å²) >= 11 is 0. The number of urea groups is 1. The summed E-state index contributed by atoms with van der Waals surface area (Å²) in [5, 5.41) is 2.56. The highest BCUT2D eigenvalue weighted by molar-refractivity contribution is 5.91. The van der Waals surface area contributed by atoms with Crippen LogP contribution in [0.15, 0.2) is 24.3 Å². The molecule has 2 amide bonds. The molecule has 0 aliphatic rings. The van der Waals surface area contributed by atoms with Crippen LogP contribution in [0.1, 0.15) is 5.56 Å². The van der Waals surface area contributed by atoms with Crippen molar-refractivity contribution in [3.05, 3.63) is 29.8 Å². The normalized spacial score (nSPS) is 9.64. The minimum atomic E-state index is -0.140. The third kappa shape index (κ3) is 2.23. The molecule has 0 radical (unpaired) electrons. The summed E-state index contributed by atoms with van der Waals surface area (Å²) in [5.41, 5.74) is 7.36. The average Bonchev–Trinajstić information content (AvgIpc) is 2.27. The van der Waals surface area contributed by atoms with Gasteiger partial charge in [0, 0.05) is 26.3 Å². The number of hydrogen-bond acceptors (Lipinski definition) is 2. The van der Waals surface area contributed by atoms with Gasteiger partial charge in [-0.25, -0.2) is 4.79 Å². The zero-order valence-electron chi connectivity index (χ0n) is 8.45. The molecule has 4 nitrogen and oxygen atoms in total. The molecule has 0 aliphatic carbocycles. The van der Waals surface area contributed by atoms with Gasteiger partial charge in [0.25, 0.3) is 0 Å². The topological polar surface area (TPSA) is 58.4 Å². The molecule has 0 saturated heterocycles. The zero-order chi connectivity index (χ0) is 10.6. The van der Waals surface area contributed by atoms with Crippen molar-refractivity contribution in [2.45, 2.75) is 6.54 Å². The summed E-state index contributed by atoms with van der Waals surface area (Å²) in [6.07, 6.45) is 0. The Labute approximate surface area is 83.7 Å². The Morgan fingerprint density at radius 2 is 2.29 bits per heavy atom. The van der Waals surface area contributed by atoms with Crippen molar-refractivity contribution < 1.29 is 4.79 Å². The molecule has 0 atom stereocenters. The van der Waals surface area contributed by atoms with E-state index in [9.17, 15) is 4.79 Å². The first-order valence-electron chi connectivity index (χ1n) is 4.43. The lowest BCUT2D eigenvalue weighted by Crippen LogP contribution is -2.34. The number of nitrogens with two attached hydrogens (primary N) is 1.